The second kappa shape index (κ2) is 9.47. The van der Waals surface area contributed by atoms with E-state index < -0.39 is 22.5 Å². The van der Waals surface area contributed by atoms with Gasteiger partial charge in [-0.05, 0) is 92.1 Å². The van der Waals surface area contributed by atoms with Gasteiger partial charge in [-0.25, -0.2) is 8.42 Å². The first-order valence-electron chi connectivity index (χ1n) is 11.7. The molecular weight excluding hydrogens is 462 g/mol. The third kappa shape index (κ3) is 5.57. The summed E-state index contributed by atoms with van der Waals surface area (Å²) in [6.07, 6.45) is 1.47. The van der Waals surface area contributed by atoms with Crippen molar-refractivity contribution in [1.29, 1.82) is 0 Å². The van der Waals surface area contributed by atoms with Gasteiger partial charge in [-0.15, -0.1) is 0 Å². The van der Waals surface area contributed by atoms with Crippen molar-refractivity contribution in [2.45, 2.75) is 57.6 Å². The number of sulfonamides is 1. The number of nitrogens with zero attached hydrogens (tertiary/aromatic N) is 1. The molecule has 184 valence electrons. The van der Waals surface area contributed by atoms with Gasteiger partial charge in [0, 0.05) is 6.54 Å². The van der Waals surface area contributed by atoms with Gasteiger partial charge in [0.05, 0.1) is 4.90 Å². The second-order valence-electron chi connectivity index (χ2n) is 9.79. The Hall–Kier alpha value is -3.16. The van der Waals surface area contributed by atoms with Gasteiger partial charge < -0.3 is 9.84 Å². The Labute approximate surface area is 207 Å². The standard InChI is InChI=1S/C28H31NO5S/c1-19-5-8-23(15-20(19)2)22-9-6-21(7-10-22)17-29(18-27(30)31)35(32,33)25-11-12-26-24(16-25)13-14-28(3,4)34-26/h5-12,15-16H,13-14,17-18H2,1-4H3,(H,30,31). The summed E-state index contributed by atoms with van der Waals surface area (Å²) in [6.45, 7) is 7.47. The maximum absolute atomic E-state index is 13.5. The molecule has 4 rings (SSSR count). The molecule has 0 radical (unpaired) electrons. The van der Waals surface area contributed by atoms with Crippen molar-refractivity contribution in [3.8, 4) is 16.9 Å². The van der Waals surface area contributed by atoms with Crippen LogP contribution in [-0.2, 0) is 27.8 Å². The van der Waals surface area contributed by atoms with Crippen LogP contribution < -0.4 is 4.74 Å². The molecule has 3 aromatic rings. The quantitative estimate of drug-likeness (QED) is 0.480. The summed E-state index contributed by atoms with van der Waals surface area (Å²) >= 11 is 0. The molecule has 1 aliphatic heterocycles. The fraction of sp³-hybridized carbons (Fsp3) is 0.321. The van der Waals surface area contributed by atoms with Crippen LogP contribution in [0.3, 0.4) is 0 Å². The number of rotatable bonds is 7. The van der Waals surface area contributed by atoms with E-state index in [2.05, 4.69) is 32.0 Å². The number of benzene rings is 3. The van der Waals surface area contributed by atoms with E-state index in [0.717, 1.165) is 27.4 Å². The Kier molecular flexibility index (Phi) is 6.75. The Morgan fingerprint density at radius 2 is 1.66 bits per heavy atom. The number of carbonyl (C=O) groups is 1. The van der Waals surface area contributed by atoms with Crippen molar-refractivity contribution in [2.75, 3.05) is 6.54 Å². The zero-order valence-electron chi connectivity index (χ0n) is 20.5. The smallest absolute Gasteiger partial charge is 0.318 e. The zero-order chi connectivity index (χ0) is 25.4. The van der Waals surface area contributed by atoms with E-state index in [9.17, 15) is 18.3 Å². The van der Waals surface area contributed by atoms with Crippen LogP contribution in [0.2, 0.25) is 0 Å². The highest BCUT2D eigenvalue weighted by Crippen LogP contribution is 2.35. The van der Waals surface area contributed by atoms with Crippen LogP contribution in [0.1, 0.15) is 42.5 Å². The number of fused-ring (bicyclic) bond motifs is 1. The lowest BCUT2D eigenvalue weighted by Crippen LogP contribution is -2.36. The van der Waals surface area contributed by atoms with Crippen molar-refractivity contribution in [1.82, 2.24) is 4.31 Å². The summed E-state index contributed by atoms with van der Waals surface area (Å²) in [5.74, 6) is -0.532. The molecule has 1 heterocycles. The number of aliphatic carboxylic acids is 1. The maximum atomic E-state index is 13.5. The molecule has 35 heavy (non-hydrogen) atoms. The van der Waals surface area contributed by atoms with Gasteiger partial charge in [-0.3, -0.25) is 4.79 Å². The van der Waals surface area contributed by atoms with Crippen LogP contribution in [0.25, 0.3) is 11.1 Å². The van der Waals surface area contributed by atoms with Gasteiger partial charge in [0.2, 0.25) is 10.0 Å². The fourth-order valence-electron chi connectivity index (χ4n) is 4.25. The second-order valence-corrected chi connectivity index (χ2v) is 11.7. The molecule has 0 fully saturated rings. The summed E-state index contributed by atoms with van der Waals surface area (Å²) in [5, 5.41) is 9.44. The summed E-state index contributed by atoms with van der Waals surface area (Å²) in [4.78, 5) is 11.6. The lowest BCUT2D eigenvalue weighted by molar-refractivity contribution is -0.137. The van der Waals surface area contributed by atoms with Crippen molar-refractivity contribution < 1.29 is 23.1 Å². The SMILES string of the molecule is Cc1ccc(-c2ccc(CN(CC(=O)O)S(=O)(=O)c3ccc4c(c3)CCC(C)(C)O4)cc2)cc1C. The van der Waals surface area contributed by atoms with Crippen LogP contribution >= 0.6 is 0 Å². The van der Waals surface area contributed by atoms with Crippen molar-refractivity contribution in [2.24, 2.45) is 0 Å². The van der Waals surface area contributed by atoms with Gasteiger partial charge in [0.25, 0.3) is 0 Å². The number of hydrogen-bond donors (Lipinski definition) is 1. The number of hydrogen-bond acceptors (Lipinski definition) is 4. The molecule has 0 saturated carbocycles. The highest BCUT2D eigenvalue weighted by Gasteiger charge is 2.31. The van der Waals surface area contributed by atoms with Gasteiger partial charge in [-0.2, -0.15) is 4.31 Å². The molecule has 0 aliphatic carbocycles. The molecule has 3 aromatic carbocycles. The fourth-order valence-corrected chi connectivity index (χ4v) is 5.68. The third-order valence-corrected chi connectivity index (χ3v) is 8.30. The average molecular weight is 494 g/mol. The zero-order valence-corrected chi connectivity index (χ0v) is 21.4. The predicted molar refractivity (Wildman–Crippen MR) is 136 cm³/mol. The van der Waals surface area contributed by atoms with Gasteiger partial charge in [-0.1, -0.05) is 42.5 Å². The van der Waals surface area contributed by atoms with Gasteiger partial charge >= 0.3 is 5.97 Å². The first-order valence-corrected chi connectivity index (χ1v) is 13.1. The van der Waals surface area contributed by atoms with E-state index >= 15 is 0 Å². The number of aryl methyl sites for hydroxylation is 3. The van der Waals surface area contributed by atoms with Gasteiger partial charge in [0.15, 0.2) is 0 Å². The molecule has 6 nitrogen and oxygen atoms in total. The molecule has 0 spiro atoms. The molecule has 7 heteroatoms. The third-order valence-electron chi connectivity index (χ3n) is 6.52. The minimum atomic E-state index is -4.03. The maximum Gasteiger partial charge on any atom is 0.318 e. The lowest BCUT2D eigenvalue weighted by Gasteiger charge is -2.33. The van der Waals surface area contributed by atoms with E-state index in [1.165, 1.54) is 17.2 Å². The minimum Gasteiger partial charge on any atom is -0.488 e. The Morgan fingerprint density at radius 3 is 2.31 bits per heavy atom. The Morgan fingerprint density at radius 1 is 0.971 bits per heavy atom. The van der Waals surface area contributed by atoms with E-state index in [0.29, 0.717) is 17.7 Å². The van der Waals surface area contributed by atoms with E-state index in [1.807, 2.05) is 38.1 Å². The monoisotopic (exact) mass is 493 g/mol. The molecule has 0 amide bonds. The first kappa shape index (κ1) is 24.9. The topological polar surface area (TPSA) is 83.9 Å². The Bertz CT molecular complexity index is 1360. The van der Waals surface area contributed by atoms with E-state index in [1.54, 1.807) is 12.1 Å². The van der Waals surface area contributed by atoms with E-state index in [-0.39, 0.29) is 17.0 Å². The minimum absolute atomic E-state index is 0.0392. The Balaban J connectivity index is 1.59. The van der Waals surface area contributed by atoms with Crippen LogP contribution in [-0.4, -0.2) is 35.9 Å². The van der Waals surface area contributed by atoms with Crippen molar-refractivity contribution in [3.63, 3.8) is 0 Å². The summed E-state index contributed by atoms with van der Waals surface area (Å²) in [5.41, 5.74) is 5.74. The number of carboxylic acids is 1. The lowest BCUT2D eigenvalue weighted by atomic mass is 9.94. The number of carboxylic acid groups (broad SMARTS) is 1. The highest BCUT2D eigenvalue weighted by molar-refractivity contribution is 7.89. The van der Waals surface area contributed by atoms with Crippen LogP contribution in [0.4, 0.5) is 0 Å². The molecule has 1 N–H and O–H groups in total. The average Bonchev–Trinajstić information content (AvgIpc) is 2.79. The first-order chi connectivity index (χ1) is 16.4. The van der Waals surface area contributed by atoms with Gasteiger partial charge in [0.1, 0.15) is 17.9 Å². The molecule has 0 aromatic heterocycles. The number of ether oxygens (including phenoxy) is 1. The normalized spacial score (nSPS) is 14.9. The molecule has 0 bridgehead atoms. The summed E-state index contributed by atoms with van der Waals surface area (Å²) in [7, 11) is -4.03. The van der Waals surface area contributed by atoms with Crippen LogP contribution in [0.5, 0.6) is 5.75 Å². The molecule has 0 atom stereocenters. The molecule has 0 saturated heterocycles. The van der Waals surface area contributed by atoms with E-state index in [4.69, 9.17) is 4.74 Å². The highest BCUT2D eigenvalue weighted by atomic mass is 32.2. The van der Waals surface area contributed by atoms with Crippen molar-refractivity contribution >= 4 is 16.0 Å². The summed E-state index contributed by atoms with van der Waals surface area (Å²) < 4.78 is 33.9. The predicted octanol–water partition coefficient (Wildman–Crippen LogP) is 5.35. The summed E-state index contributed by atoms with van der Waals surface area (Å²) in [6, 6.07) is 18.6. The largest absolute Gasteiger partial charge is 0.488 e. The van der Waals surface area contributed by atoms with Crippen LogP contribution in [0, 0.1) is 13.8 Å². The molecule has 1 aliphatic rings. The van der Waals surface area contributed by atoms with Crippen molar-refractivity contribution in [3.05, 3.63) is 82.9 Å². The van der Waals surface area contributed by atoms with Crippen LogP contribution in [0.15, 0.2) is 65.6 Å². The molecule has 0 unspecified atom stereocenters. The molecular formula is C28H31NO5S.